The van der Waals surface area contributed by atoms with Gasteiger partial charge in [-0.3, -0.25) is 4.79 Å². The lowest BCUT2D eigenvalue weighted by Crippen LogP contribution is -2.15. The number of halogens is 2. The molecule has 1 N–H and O–H groups in total. The monoisotopic (exact) mass is 365 g/mol. The van der Waals surface area contributed by atoms with Crippen molar-refractivity contribution in [1.29, 1.82) is 0 Å². The lowest BCUT2D eigenvalue weighted by Gasteiger charge is -2.21. The molecule has 0 spiro atoms. The third kappa shape index (κ3) is 4.08. The molecule has 0 radical (unpaired) electrons. The highest BCUT2D eigenvalue weighted by Crippen LogP contribution is 2.30. The SMILES string of the molecule is CC(C)(C)c1ccc(C(=O)Nc2ccc(Cl)cc2)cc1Br. The normalized spacial score (nSPS) is 11.3. The quantitative estimate of drug-likeness (QED) is 0.731. The first-order chi connectivity index (χ1) is 9.77. The van der Waals surface area contributed by atoms with Crippen molar-refractivity contribution in [3.8, 4) is 0 Å². The van der Waals surface area contributed by atoms with Crippen LogP contribution in [0.15, 0.2) is 46.9 Å². The number of carbonyl (C=O) groups excluding carboxylic acids is 1. The number of benzene rings is 2. The summed E-state index contributed by atoms with van der Waals surface area (Å²) in [5.41, 5.74) is 2.54. The molecule has 0 bridgehead atoms. The molecule has 0 heterocycles. The maximum absolute atomic E-state index is 12.2. The van der Waals surface area contributed by atoms with Gasteiger partial charge in [-0.1, -0.05) is 54.4 Å². The van der Waals surface area contributed by atoms with Crippen molar-refractivity contribution < 1.29 is 4.79 Å². The zero-order valence-electron chi connectivity index (χ0n) is 12.2. The maximum atomic E-state index is 12.2. The predicted molar refractivity (Wildman–Crippen MR) is 92.2 cm³/mol. The summed E-state index contributed by atoms with van der Waals surface area (Å²) < 4.78 is 0.943. The van der Waals surface area contributed by atoms with Crippen LogP contribution in [0.3, 0.4) is 0 Å². The van der Waals surface area contributed by atoms with Gasteiger partial charge in [-0.15, -0.1) is 0 Å². The van der Waals surface area contributed by atoms with Gasteiger partial charge in [0.05, 0.1) is 0 Å². The van der Waals surface area contributed by atoms with Crippen LogP contribution in [0.2, 0.25) is 5.02 Å². The first kappa shape index (κ1) is 16.1. The Hall–Kier alpha value is -1.32. The molecule has 4 heteroatoms. The van der Waals surface area contributed by atoms with Crippen molar-refractivity contribution in [3.63, 3.8) is 0 Å². The van der Waals surface area contributed by atoms with Crippen molar-refractivity contribution in [2.24, 2.45) is 0 Å². The van der Waals surface area contributed by atoms with Gasteiger partial charge in [0.1, 0.15) is 0 Å². The molecule has 0 unspecified atom stereocenters. The minimum atomic E-state index is -0.140. The largest absolute Gasteiger partial charge is 0.322 e. The smallest absolute Gasteiger partial charge is 0.255 e. The van der Waals surface area contributed by atoms with Gasteiger partial charge in [-0.25, -0.2) is 0 Å². The van der Waals surface area contributed by atoms with Crippen LogP contribution in [-0.2, 0) is 5.41 Å². The standard InChI is InChI=1S/C17H17BrClNO/c1-17(2,3)14-9-4-11(10-15(14)18)16(21)20-13-7-5-12(19)6-8-13/h4-10H,1-3H3,(H,20,21). The molecule has 2 nitrogen and oxygen atoms in total. The Morgan fingerprint density at radius 3 is 2.24 bits per heavy atom. The number of rotatable bonds is 2. The minimum absolute atomic E-state index is 0.0318. The Kier molecular flexibility index (Phi) is 4.74. The van der Waals surface area contributed by atoms with Gasteiger partial charge in [0.2, 0.25) is 0 Å². The number of anilines is 1. The number of amides is 1. The number of nitrogens with one attached hydrogen (secondary N) is 1. The molecule has 21 heavy (non-hydrogen) atoms. The van der Waals surface area contributed by atoms with Gasteiger partial charge in [0, 0.05) is 20.7 Å². The van der Waals surface area contributed by atoms with Crippen LogP contribution in [0.4, 0.5) is 5.69 Å². The van der Waals surface area contributed by atoms with Crippen LogP contribution >= 0.6 is 27.5 Å². The van der Waals surface area contributed by atoms with E-state index in [9.17, 15) is 4.79 Å². The summed E-state index contributed by atoms with van der Waals surface area (Å²) in [6, 6.07) is 12.7. The van der Waals surface area contributed by atoms with E-state index in [1.54, 1.807) is 24.3 Å². The van der Waals surface area contributed by atoms with E-state index in [-0.39, 0.29) is 11.3 Å². The zero-order valence-corrected chi connectivity index (χ0v) is 14.5. The molecule has 2 aromatic carbocycles. The Labute approximate surface area is 138 Å². The first-order valence-corrected chi connectivity index (χ1v) is 7.81. The van der Waals surface area contributed by atoms with Gasteiger partial charge in [-0.2, -0.15) is 0 Å². The highest BCUT2D eigenvalue weighted by atomic mass is 79.9. The Morgan fingerprint density at radius 1 is 1.10 bits per heavy atom. The van der Waals surface area contributed by atoms with E-state index in [0.29, 0.717) is 10.6 Å². The summed E-state index contributed by atoms with van der Waals surface area (Å²) >= 11 is 9.38. The van der Waals surface area contributed by atoms with Gasteiger partial charge in [0.25, 0.3) is 5.91 Å². The summed E-state index contributed by atoms with van der Waals surface area (Å²) in [6.07, 6.45) is 0. The van der Waals surface area contributed by atoms with Gasteiger partial charge >= 0.3 is 0 Å². The van der Waals surface area contributed by atoms with Crippen LogP contribution in [0.1, 0.15) is 36.7 Å². The fraction of sp³-hybridized carbons (Fsp3) is 0.235. The molecule has 0 saturated carbocycles. The first-order valence-electron chi connectivity index (χ1n) is 6.64. The minimum Gasteiger partial charge on any atom is -0.322 e. The predicted octanol–water partition coefficient (Wildman–Crippen LogP) is 5.65. The van der Waals surface area contributed by atoms with Gasteiger partial charge < -0.3 is 5.32 Å². The van der Waals surface area contributed by atoms with Gasteiger partial charge in [-0.05, 0) is 47.4 Å². The lowest BCUT2D eigenvalue weighted by molar-refractivity contribution is 0.102. The Morgan fingerprint density at radius 2 is 1.71 bits per heavy atom. The second kappa shape index (κ2) is 6.20. The number of hydrogen-bond donors (Lipinski definition) is 1. The second-order valence-electron chi connectivity index (χ2n) is 5.91. The van der Waals surface area contributed by atoms with Crippen molar-refractivity contribution in [1.82, 2.24) is 0 Å². The van der Waals surface area contributed by atoms with E-state index in [0.717, 1.165) is 10.2 Å². The lowest BCUT2D eigenvalue weighted by atomic mass is 9.86. The van der Waals surface area contributed by atoms with Crippen molar-refractivity contribution >= 4 is 39.1 Å². The highest BCUT2D eigenvalue weighted by Gasteiger charge is 2.18. The molecule has 2 rings (SSSR count). The third-order valence-electron chi connectivity index (χ3n) is 3.14. The summed E-state index contributed by atoms with van der Waals surface area (Å²) in [5, 5.41) is 3.50. The summed E-state index contributed by atoms with van der Waals surface area (Å²) in [7, 11) is 0. The molecule has 0 saturated heterocycles. The maximum Gasteiger partial charge on any atom is 0.255 e. The van der Waals surface area contributed by atoms with E-state index in [4.69, 9.17) is 11.6 Å². The van der Waals surface area contributed by atoms with Crippen LogP contribution in [-0.4, -0.2) is 5.91 Å². The molecule has 0 atom stereocenters. The van der Waals surface area contributed by atoms with Crippen LogP contribution in [0.5, 0.6) is 0 Å². The Balaban J connectivity index is 2.20. The van der Waals surface area contributed by atoms with Crippen molar-refractivity contribution in [3.05, 3.63) is 63.1 Å². The fourth-order valence-electron chi connectivity index (χ4n) is 2.00. The molecular weight excluding hydrogens is 350 g/mol. The van der Waals surface area contributed by atoms with Crippen LogP contribution in [0.25, 0.3) is 0 Å². The summed E-state index contributed by atoms with van der Waals surface area (Å²) in [6.45, 7) is 6.42. The van der Waals surface area contributed by atoms with E-state index in [2.05, 4.69) is 42.0 Å². The molecule has 1 amide bonds. The van der Waals surface area contributed by atoms with Crippen molar-refractivity contribution in [2.45, 2.75) is 26.2 Å². The van der Waals surface area contributed by atoms with E-state index < -0.39 is 0 Å². The third-order valence-corrected chi connectivity index (χ3v) is 4.05. The molecule has 110 valence electrons. The van der Waals surface area contributed by atoms with Crippen LogP contribution < -0.4 is 5.32 Å². The van der Waals surface area contributed by atoms with E-state index in [1.807, 2.05) is 18.2 Å². The summed E-state index contributed by atoms with van der Waals surface area (Å²) in [4.78, 5) is 12.2. The molecule has 0 aliphatic carbocycles. The number of carbonyl (C=O) groups is 1. The highest BCUT2D eigenvalue weighted by molar-refractivity contribution is 9.10. The molecule has 0 aliphatic heterocycles. The molecule has 0 aromatic heterocycles. The zero-order chi connectivity index (χ0) is 15.6. The summed E-state index contributed by atoms with van der Waals surface area (Å²) in [5.74, 6) is -0.140. The molecule has 0 fully saturated rings. The molecule has 2 aromatic rings. The average molecular weight is 367 g/mol. The Bertz CT molecular complexity index is 659. The average Bonchev–Trinajstić information content (AvgIpc) is 2.39. The van der Waals surface area contributed by atoms with E-state index in [1.165, 1.54) is 5.56 Å². The topological polar surface area (TPSA) is 29.1 Å². The number of hydrogen-bond acceptors (Lipinski definition) is 1. The fourth-order valence-corrected chi connectivity index (χ4v) is 3.10. The molecule has 0 aliphatic rings. The van der Waals surface area contributed by atoms with Crippen LogP contribution in [0, 0.1) is 0 Å². The van der Waals surface area contributed by atoms with Gasteiger partial charge in [0.15, 0.2) is 0 Å². The van der Waals surface area contributed by atoms with E-state index >= 15 is 0 Å². The second-order valence-corrected chi connectivity index (χ2v) is 7.20. The van der Waals surface area contributed by atoms with Crippen molar-refractivity contribution in [2.75, 3.05) is 5.32 Å². The molecular formula is C17H17BrClNO.